The van der Waals surface area contributed by atoms with Gasteiger partial charge in [0.15, 0.2) is 0 Å². The van der Waals surface area contributed by atoms with Gasteiger partial charge in [0.05, 0.1) is 27.9 Å². The first-order valence-electron chi connectivity index (χ1n) is 5.77. The zero-order valence-electron chi connectivity index (χ0n) is 9.68. The van der Waals surface area contributed by atoms with Crippen LogP contribution < -0.4 is 0 Å². The molecule has 2 aromatic rings. The van der Waals surface area contributed by atoms with Gasteiger partial charge in [-0.1, -0.05) is 0 Å². The van der Waals surface area contributed by atoms with Gasteiger partial charge in [0.25, 0.3) is 0 Å². The Labute approximate surface area is 104 Å². The zero-order valence-corrected chi connectivity index (χ0v) is 10.5. The third kappa shape index (κ3) is 1.71. The largest absolute Gasteiger partial charge is 0.330 e. The number of aryl methyl sites for hydroxylation is 1. The molecule has 0 N–H and O–H groups in total. The highest BCUT2D eigenvalue weighted by molar-refractivity contribution is 7.99. The van der Waals surface area contributed by atoms with Crippen LogP contribution in [-0.4, -0.2) is 15.3 Å². The summed E-state index contributed by atoms with van der Waals surface area (Å²) in [6, 6.07) is 7.88. The Hall–Kier alpha value is -1.47. The molecule has 0 bridgehead atoms. The van der Waals surface area contributed by atoms with Gasteiger partial charge in [-0.3, -0.25) is 0 Å². The van der Waals surface area contributed by atoms with Crippen molar-refractivity contribution in [3.63, 3.8) is 0 Å². The molecule has 0 aliphatic carbocycles. The van der Waals surface area contributed by atoms with Crippen molar-refractivity contribution in [1.29, 1.82) is 5.26 Å². The molecule has 1 aromatic carbocycles. The Balaban J connectivity index is 2.14. The molecular weight excluding hydrogens is 230 g/mol. The monoisotopic (exact) mass is 243 g/mol. The average Bonchev–Trinajstić information content (AvgIpc) is 2.97. The second kappa shape index (κ2) is 4.08. The molecule has 1 atom stereocenters. The van der Waals surface area contributed by atoms with E-state index in [1.165, 1.54) is 18.6 Å². The molecule has 0 radical (unpaired) electrons. The molecule has 4 heteroatoms. The lowest BCUT2D eigenvalue weighted by Crippen LogP contribution is -2.00. The minimum atomic E-state index is 0.526. The van der Waals surface area contributed by atoms with Crippen LogP contribution in [0.3, 0.4) is 0 Å². The first-order chi connectivity index (χ1) is 8.29. The van der Waals surface area contributed by atoms with Gasteiger partial charge in [0.2, 0.25) is 0 Å². The molecule has 2 heterocycles. The second-order valence-corrected chi connectivity index (χ2v) is 5.66. The van der Waals surface area contributed by atoms with Gasteiger partial charge in [0, 0.05) is 7.05 Å². The SMILES string of the molecule is Cn1c(C2CCCS2)nc2cc(C#N)ccc21. The van der Waals surface area contributed by atoms with Crippen LogP contribution in [0.5, 0.6) is 0 Å². The molecule has 17 heavy (non-hydrogen) atoms. The van der Waals surface area contributed by atoms with E-state index in [2.05, 4.69) is 17.7 Å². The van der Waals surface area contributed by atoms with Gasteiger partial charge in [-0.05, 0) is 36.8 Å². The number of rotatable bonds is 1. The molecule has 1 aliphatic heterocycles. The molecule has 0 saturated carbocycles. The number of nitrogens with zero attached hydrogens (tertiary/aromatic N) is 3. The van der Waals surface area contributed by atoms with Crippen LogP contribution in [0.15, 0.2) is 18.2 Å². The predicted molar refractivity (Wildman–Crippen MR) is 69.9 cm³/mol. The quantitative estimate of drug-likeness (QED) is 0.773. The van der Waals surface area contributed by atoms with E-state index in [0.717, 1.165) is 16.9 Å². The maximum absolute atomic E-state index is 8.90. The molecule has 0 amide bonds. The lowest BCUT2D eigenvalue weighted by atomic mass is 10.2. The summed E-state index contributed by atoms with van der Waals surface area (Å²) in [6.07, 6.45) is 2.49. The first kappa shape index (κ1) is 10.7. The Morgan fingerprint density at radius 1 is 1.53 bits per heavy atom. The Morgan fingerprint density at radius 3 is 3.12 bits per heavy atom. The van der Waals surface area contributed by atoms with Gasteiger partial charge < -0.3 is 4.57 Å². The summed E-state index contributed by atoms with van der Waals surface area (Å²) >= 11 is 1.99. The van der Waals surface area contributed by atoms with Crippen LogP contribution in [0.25, 0.3) is 11.0 Å². The number of nitriles is 1. The maximum atomic E-state index is 8.90. The number of hydrogen-bond acceptors (Lipinski definition) is 3. The van der Waals surface area contributed by atoms with E-state index in [1.54, 1.807) is 0 Å². The molecule has 3 nitrogen and oxygen atoms in total. The maximum Gasteiger partial charge on any atom is 0.122 e. The summed E-state index contributed by atoms with van der Waals surface area (Å²) in [5.74, 6) is 2.38. The standard InChI is InChI=1S/C13H13N3S/c1-16-11-5-4-9(8-14)7-10(11)15-13(16)12-3-2-6-17-12/h4-5,7,12H,2-3,6H2,1H3. The summed E-state index contributed by atoms with van der Waals surface area (Å²) in [4.78, 5) is 4.69. The van der Waals surface area contributed by atoms with Crippen LogP contribution in [0.2, 0.25) is 0 Å². The third-order valence-electron chi connectivity index (χ3n) is 3.26. The third-order valence-corrected chi connectivity index (χ3v) is 4.64. The molecule has 86 valence electrons. The number of aromatic nitrogens is 2. The molecule has 1 aromatic heterocycles. The average molecular weight is 243 g/mol. The fourth-order valence-electron chi connectivity index (χ4n) is 2.36. The number of benzene rings is 1. The van der Waals surface area contributed by atoms with Gasteiger partial charge >= 0.3 is 0 Å². The topological polar surface area (TPSA) is 41.6 Å². The number of hydrogen-bond donors (Lipinski definition) is 0. The molecule has 0 spiro atoms. The Bertz CT molecular complexity index is 603. The van der Waals surface area contributed by atoms with Crippen molar-refractivity contribution < 1.29 is 0 Å². The van der Waals surface area contributed by atoms with Crippen molar-refractivity contribution >= 4 is 22.8 Å². The number of imidazole rings is 1. The van der Waals surface area contributed by atoms with E-state index < -0.39 is 0 Å². The van der Waals surface area contributed by atoms with Crippen LogP contribution in [0.4, 0.5) is 0 Å². The lowest BCUT2D eigenvalue weighted by molar-refractivity contribution is 0.737. The fourth-order valence-corrected chi connectivity index (χ4v) is 3.67. The summed E-state index contributed by atoms with van der Waals surface area (Å²) in [5.41, 5.74) is 2.74. The van der Waals surface area contributed by atoms with E-state index >= 15 is 0 Å². The number of thioether (sulfide) groups is 1. The van der Waals surface area contributed by atoms with Gasteiger partial charge in [0.1, 0.15) is 5.82 Å². The van der Waals surface area contributed by atoms with E-state index in [4.69, 9.17) is 10.2 Å². The van der Waals surface area contributed by atoms with E-state index in [9.17, 15) is 0 Å². The lowest BCUT2D eigenvalue weighted by Gasteiger charge is -2.07. The zero-order chi connectivity index (χ0) is 11.8. The predicted octanol–water partition coefficient (Wildman–Crippen LogP) is 3.01. The summed E-state index contributed by atoms with van der Waals surface area (Å²) < 4.78 is 2.17. The Morgan fingerprint density at radius 2 is 2.41 bits per heavy atom. The van der Waals surface area contributed by atoms with Crippen molar-refractivity contribution in [3.8, 4) is 6.07 Å². The smallest absolute Gasteiger partial charge is 0.122 e. The number of fused-ring (bicyclic) bond motifs is 1. The van der Waals surface area contributed by atoms with Crippen LogP contribution in [0.1, 0.15) is 29.5 Å². The highest BCUT2D eigenvalue weighted by atomic mass is 32.2. The van der Waals surface area contributed by atoms with Crippen molar-refractivity contribution in [2.75, 3.05) is 5.75 Å². The van der Waals surface area contributed by atoms with Crippen molar-refractivity contribution in [1.82, 2.24) is 9.55 Å². The van der Waals surface area contributed by atoms with E-state index in [-0.39, 0.29) is 0 Å². The molecule has 1 aliphatic rings. The second-order valence-electron chi connectivity index (χ2n) is 4.35. The Kier molecular flexibility index (Phi) is 2.56. The van der Waals surface area contributed by atoms with Crippen molar-refractivity contribution in [2.45, 2.75) is 18.1 Å². The van der Waals surface area contributed by atoms with Gasteiger partial charge in [-0.15, -0.1) is 0 Å². The van der Waals surface area contributed by atoms with Crippen LogP contribution in [0, 0.1) is 11.3 Å². The normalized spacial score (nSPS) is 19.6. The summed E-state index contributed by atoms with van der Waals surface area (Å²) in [6.45, 7) is 0. The highest BCUT2D eigenvalue weighted by Crippen LogP contribution is 2.40. The van der Waals surface area contributed by atoms with Crippen molar-refractivity contribution in [2.24, 2.45) is 7.05 Å². The van der Waals surface area contributed by atoms with E-state index in [0.29, 0.717) is 10.8 Å². The molecule has 1 unspecified atom stereocenters. The minimum Gasteiger partial charge on any atom is -0.330 e. The van der Waals surface area contributed by atoms with Gasteiger partial charge in [-0.25, -0.2) is 4.98 Å². The summed E-state index contributed by atoms with van der Waals surface area (Å²) in [5, 5.41) is 9.42. The molecular formula is C13H13N3S. The van der Waals surface area contributed by atoms with Crippen molar-refractivity contribution in [3.05, 3.63) is 29.6 Å². The van der Waals surface area contributed by atoms with Crippen LogP contribution >= 0.6 is 11.8 Å². The molecule has 1 fully saturated rings. The van der Waals surface area contributed by atoms with E-state index in [1.807, 2.05) is 30.0 Å². The molecule has 1 saturated heterocycles. The summed E-state index contributed by atoms with van der Waals surface area (Å²) in [7, 11) is 2.07. The highest BCUT2D eigenvalue weighted by Gasteiger charge is 2.22. The fraction of sp³-hybridized carbons (Fsp3) is 0.385. The van der Waals surface area contributed by atoms with Crippen LogP contribution in [-0.2, 0) is 7.05 Å². The molecule has 3 rings (SSSR count). The first-order valence-corrected chi connectivity index (χ1v) is 6.82. The minimum absolute atomic E-state index is 0.526. The van der Waals surface area contributed by atoms with Gasteiger partial charge in [-0.2, -0.15) is 17.0 Å².